The highest BCUT2D eigenvalue weighted by molar-refractivity contribution is 5.85. The number of pyridine rings is 1. The summed E-state index contributed by atoms with van der Waals surface area (Å²) in [6.45, 7) is 0.922. The van der Waals surface area contributed by atoms with Crippen LogP contribution in [0.4, 0.5) is 23.4 Å². The van der Waals surface area contributed by atoms with Crippen LogP contribution in [0.5, 0.6) is 0 Å². The molecule has 0 aromatic carbocycles. The molecular weight excluding hydrogens is 274 g/mol. The topological polar surface area (TPSA) is 42.1 Å². The van der Waals surface area contributed by atoms with Gasteiger partial charge >= 0.3 is 6.18 Å². The molecule has 1 aliphatic rings. The van der Waals surface area contributed by atoms with E-state index in [1.165, 1.54) is 0 Å². The predicted molar refractivity (Wildman–Crippen MR) is 61.3 cm³/mol. The Balaban J connectivity index is 0.00000162. The van der Waals surface area contributed by atoms with Crippen LogP contribution in [-0.2, 0) is 6.18 Å². The summed E-state index contributed by atoms with van der Waals surface area (Å²) in [7, 11) is 0. The quantitative estimate of drug-likeness (QED) is 0.805. The molecule has 102 valence electrons. The zero-order valence-electron chi connectivity index (χ0n) is 9.25. The average molecular weight is 286 g/mol. The summed E-state index contributed by atoms with van der Waals surface area (Å²) in [4.78, 5) is 5.09. The highest BCUT2D eigenvalue weighted by Gasteiger charge is 2.33. The van der Waals surface area contributed by atoms with Crippen LogP contribution in [0.2, 0.25) is 0 Å². The minimum Gasteiger partial charge on any atom is -0.353 e. The Hall–Kier alpha value is -1.08. The molecule has 1 aliphatic heterocycles. The molecule has 0 spiro atoms. The summed E-state index contributed by atoms with van der Waals surface area (Å²) >= 11 is 0. The lowest BCUT2D eigenvalue weighted by atomic mass is 10.2. The largest absolute Gasteiger partial charge is 0.417 e. The van der Waals surface area contributed by atoms with E-state index in [1.807, 2.05) is 0 Å². The Morgan fingerprint density at radius 2 is 2.06 bits per heavy atom. The van der Waals surface area contributed by atoms with Crippen molar-refractivity contribution in [1.29, 1.82) is 0 Å². The summed E-state index contributed by atoms with van der Waals surface area (Å²) in [6, 6.07) is 0.380. The summed E-state index contributed by atoms with van der Waals surface area (Å²) in [6.07, 6.45) is -3.25. The zero-order valence-corrected chi connectivity index (χ0v) is 10.1. The Bertz CT molecular complexity index is 424. The molecule has 0 bridgehead atoms. The van der Waals surface area contributed by atoms with Gasteiger partial charge in [-0.15, -0.1) is 12.4 Å². The number of aromatic nitrogens is 1. The van der Waals surface area contributed by atoms with E-state index in [0.29, 0.717) is 31.8 Å². The summed E-state index contributed by atoms with van der Waals surface area (Å²) in [5, 5.41) is 0. The Kier molecular flexibility index (Phi) is 4.39. The van der Waals surface area contributed by atoms with E-state index in [4.69, 9.17) is 5.73 Å². The van der Waals surface area contributed by atoms with Crippen molar-refractivity contribution < 1.29 is 17.6 Å². The zero-order chi connectivity index (χ0) is 12.6. The van der Waals surface area contributed by atoms with Crippen LogP contribution in [0.15, 0.2) is 12.3 Å². The normalized spacial score (nSPS) is 19.8. The fourth-order valence-electron chi connectivity index (χ4n) is 1.80. The van der Waals surface area contributed by atoms with Crippen LogP contribution in [0, 0.1) is 5.82 Å². The summed E-state index contributed by atoms with van der Waals surface area (Å²) in [5.74, 6) is -1.03. The Labute approximate surface area is 107 Å². The van der Waals surface area contributed by atoms with Crippen molar-refractivity contribution in [1.82, 2.24) is 4.98 Å². The van der Waals surface area contributed by atoms with E-state index in [0.717, 1.165) is 0 Å². The Morgan fingerprint density at radius 1 is 1.39 bits per heavy atom. The van der Waals surface area contributed by atoms with Crippen LogP contribution in [-0.4, -0.2) is 24.1 Å². The lowest BCUT2D eigenvalue weighted by molar-refractivity contribution is -0.138. The van der Waals surface area contributed by atoms with E-state index in [2.05, 4.69) is 4.98 Å². The van der Waals surface area contributed by atoms with Crippen molar-refractivity contribution in [2.75, 3.05) is 18.0 Å². The van der Waals surface area contributed by atoms with Crippen molar-refractivity contribution in [3.05, 3.63) is 23.6 Å². The van der Waals surface area contributed by atoms with Crippen molar-refractivity contribution in [2.24, 2.45) is 5.73 Å². The van der Waals surface area contributed by atoms with Gasteiger partial charge in [-0.3, -0.25) is 0 Å². The highest BCUT2D eigenvalue weighted by atomic mass is 35.5. The molecule has 1 aromatic rings. The second-order valence-corrected chi connectivity index (χ2v) is 4.02. The van der Waals surface area contributed by atoms with E-state index >= 15 is 0 Å². The average Bonchev–Trinajstić information content (AvgIpc) is 2.63. The molecule has 3 nitrogen and oxygen atoms in total. The van der Waals surface area contributed by atoms with Crippen molar-refractivity contribution >= 4 is 18.2 Å². The van der Waals surface area contributed by atoms with Gasteiger partial charge < -0.3 is 10.6 Å². The van der Waals surface area contributed by atoms with Gasteiger partial charge in [0.15, 0.2) is 11.6 Å². The molecule has 0 amide bonds. The fraction of sp³-hybridized carbons (Fsp3) is 0.500. The van der Waals surface area contributed by atoms with Gasteiger partial charge in [0, 0.05) is 25.3 Å². The molecular formula is C10H12ClF4N3. The van der Waals surface area contributed by atoms with Crippen LogP contribution >= 0.6 is 12.4 Å². The highest BCUT2D eigenvalue weighted by Crippen LogP contribution is 2.31. The molecule has 1 fully saturated rings. The van der Waals surface area contributed by atoms with Crippen LogP contribution in [0.25, 0.3) is 0 Å². The van der Waals surface area contributed by atoms with E-state index in [-0.39, 0.29) is 24.3 Å². The molecule has 1 atom stereocenters. The van der Waals surface area contributed by atoms with Crippen LogP contribution < -0.4 is 10.6 Å². The number of rotatable bonds is 1. The number of anilines is 1. The number of halogens is 5. The second kappa shape index (κ2) is 5.27. The number of nitrogens with zero attached hydrogens (tertiary/aromatic N) is 2. The van der Waals surface area contributed by atoms with E-state index < -0.39 is 17.6 Å². The van der Waals surface area contributed by atoms with Gasteiger partial charge in [-0.25, -0.2) is 9.37 Å². The van der Waals surface area contributed by atoms with Crippen molar-refractivity contribution in [3.63, 3.8) is 0 Å². The first-order valence-corrected chi connectivity index (χ1v) is 5.11. The third kappa shape index (κ3) is 3.02. The van der Waals surface area contributed by atoms with Gasteiger partial charge in [-0.2, -0.15) is 13.2 Å². The van der Waals surface area contributed by atoms with Crippen LogP contribution in [0.1, 0.15) is 12.0 Å². The third-order valence-electron chi connectivity index (χ3n) is 2.67. The lowest BCUT2D eigenvalue weighted by Crippen LogP contribution is -2.27. The molecule has 2 rings (SSSR count). The first kappa shape index (κ1) is 15.0. The maximum absolute atomic E-state index is 13.5. The molecule has 8 heteroatoms. The number of hydrogen-bond acceptors (Lipinski definition) is 3. The van der Waals surface area contributed by atoms with Crippen molar-refractivity contribution in [3.8, 4) is 0 Å². The molecule has 0 radical (unpaired) electrons. The first-order valence-electron chi connectivity index (χ1n) is 5.11. The molecule has 1 saturated heterocycles. The molecule has 1 aromatic heterocycles. The summed E-state index contributed by atoms with van der Waals surface area (Å²) < 4.78 is 50.4. The first-order chi connectivity index (χ1) is 7.88. The second-order valence-electron chi connectivity index (χ2n) is 4.02. The monoisotopic (exact) mass is 285 g/mol. The van der Waals surface area contributed by atoms with Crippen molar-refractivity contribution in [2.45, 2.75) is 18.6 Å². The standard InChI is InChI=1S/C10H11F4N3.ClH/c11-8-3-6(10(12,13)14)4-16-9(8)17-2-1-7(15)5-17;/h3-4,7H,1-2,5,15H2;1H. The fourth-order valence-corrected chi connectivity index (χ4v) is 1.80. The molecule has 18 heavy (non-hydrogen) atoms. The minimum atomic E-state index is -4.58. The van der Waals surface area contributed by atoms with Gasteiger partial charge in [0.2, 0.25) is 0 Å². The number of alkyl halides is 3. The van der Waals surface area contributed by atoms with Gasteiger partial charge in [0.1, 0.15) is 0 Å². The van der Waals surface area contributed by atoms with Gasteiger partial charge in [0.05, 0.1) is 5.56 Å². The van der Waals surface area contributed by atoms with E-state index in [9.17, 15) is 17.6 Å². The predicted octanol–water partition coefficient (Wildman–Crippen LogP) is 2.20. The third-order valence-corrected chi connectivity index (χ3v) is 2.67. The molecule has 2 N–H and O–H groups in total. The molecule has 1 unspecified atom stereocenters. The molecule has 2 heterocycles. The van der Waals surface area contributed by atoms with Gasteiger partial charge in [-0.1, -0.05) is 0 Å². The SMILES string of the molecule is Cl.NC1CCN(c2ncc(C(F)(F)F)cc2F)C1. The summed E-state index contributed by atoms with van der Waals surface area (Å²) in [5.41, 5.74) is 4.56. The Morgan fingerprint density at radius 3 is 2.50 bits per heavy atom. The minimum absolute atomic E-state index is 0. The van der Waals surface area contributed by atoms with Crippen LogP contribution in [0.3, 0.4) is 0 Å². The van der Waals surface area contributed by atoms with E-state index in [1.54, 1.807) is 4.90 Å². The van der Waals surface area contributed by atoms with Gasteiger partial charge in [0.25, 0.3) is 0 Å². The maximum Gasteiger partial charge on any atom is 0.417 e. The van der Waals surface area contributed by atoms with Gasteiger partial charge in [-0.05, 0) is 12.5 Å². The maximum atomic E-state index is 13.5. The number of hydrogen-bond donors (Lipinski definition) is 1. The number of nitrogens with two attached hydrogens (primary N) is 1. The smallest absolute Gasteiger partial charge is 0.353 e. The molecule has 0 saturated carbocycles. The molecule has 0 aliphatic carbocycles. The lowest BCUT2D eigenvalue weighted by Gasteiger charge is -2.18.